The lowest BCUT2D eigenvalue weighted by Gasteiger charge is -2.18. The van der Waals surface area contributed by atoms with Gasteiger partial charge < -0.3 is 14.8 Å². The Kier molecular flexibility index (Phi) is 7.17. The number of nitrogens with zero attached hydrogens (tertiary/aromatic N) is 3. The summed E-state index contributed by atoms with van der Waals surface area (Å²) in [5.74, 6) is 0.0595. The Morgan fingerprint density at radius 1 is 1.29 bits per heavy atom. The second-order valence-corrected chi connectivity index (χ2v) is 8.25. The van der Waals surface area contributed by atoms with Crippen LogP contribution in [0.2, 0.25) is 0 Å². The van der Waals surface area contributed by atoms with Crippen LogP contribution in [-0.4, -0.2) is 52.1 Å². The van der Waals surface area contributed by atoms with Crippen LogP contribution in [0.3, 0.4) is 0 Å². The number of nitrogens with one attached hydrogen (secondary N) is 1. The number of benzene rings is 1. The Hall–Kier alpha value is -2.99. The molecule has 4 rings (SSSR count). The van der Waals surface area contributed by atoms with Crippen molar-refractivity contribution in [3.8, 4) is 5.75 Å². The Morgan fingerprint density at radius 3 is 2.74 bits per heavy atom. The minimum Gasteiger partial charge on any atom is -0.496 e. The van der Waals surface area contributed by atoms with Crippen LogP contribution >= 0.6 is 12.2 Å². The highest BCUT2D eigenvalue weighted by Crippen LogP contribution is 2.28. The number of amides is 1. The first-order valence-electron chi connectivity index (χ1n) is 10.5. The van der Waals surface area contributed by atoms with E-state index >= 15 is 0 Å². The molecule has 1 atom stereocenters. The molecule has 2 saturated heterocycles. The zero-order valence-corrected chi connectivity index (χ0v) is 19.0. The van der Waals surface area contributed by atoms with E-state index in [2.05, 4.69) is 10.4 Å². The minimum absolute atomic E-state index is 0.0631. The molecule has 2 aliphatic heterocycles. The molecule has 2 fully saturated rings. The maximum absolute atomic E-state index is 13.4. The van der Waals surface area contributed by atoms with E-state index in [1.54, 1.807) is 24.3 Å². The smallest absolute Gasteiger partial charge is 0.282 e. The van der Waals surface area contributed by atoms with Gasteiger partial charge in [0, 0.05) is 12.2 Å². The summed E-state index contributed by atoms with van der Waals surface area (Å²) in [5, 5.41) is 6.80. The Morgan fingerprint density at radius 2 is 2.09 bits per heavy atom. The van der Waals surface area contributed by atoms with Crippen LogP contribution in [0.15, 0.2) is 30.0 Å². The number of thiocarbonyl (C=S) groups is 1. The Balaban J connectivity index is 1.59. The molecule has 1 unspecified atom stereocenters. The quantitative estimate of drug-likeness (QED) is 0.337. The van der Waals surface area contributed by atoms with Crippen molar-refractivity contribution < 1.29 is 31.8 Å². The Bertz CT molecular complexity index is 1120. The number of ether oxygens (including phenoxy) is 2. The molecule has 34 heavy (non-hydrogen) atoms. The van der Waals surface area contributed by atoms with E-state index in [-0.39, 0.29) is 29.4 Å². The third-order valence-corrected chi connectivity index (χ3v) is 5.91. The first-order chi connectivity index (χ1) is 16.3. The van der Waals surface area contributed by atoms with E-state index in [1.165, 1.54) is 12.0 Å². The fourth-order valence-corrected chi connectivity index (χ4v) is 4.20. The van der Waals surface area contributed by atoms with E-state index in [0.29, 0.717) is 36.1 Å². The molecular weight excluding hydrogens is 476 g/mol. The second kappa shape index (κ2) is 10.1. The van der Waals surface area contributed by atoms with Crippen molar-refractivity contribution >= 4 is 29.3 Å². The summed E-state index contributed by atoms with van der Waals surface area (Å²) in [6, 6.07) is 5.59. The number of carbonyl (C=O) groups is 1. The van der Waals surface area contributed by atoms with Crippen molar-refractivity contribution in [2.75, 3.05) is 20.3 Å². The van der Waals surface area contributed by atoms with Crippen molar-refractivity contribution in [2.24, 2.45) is 0 Å². The van der Waals surface area contributed by atoms with Gasteiger partial charge in [0.15, 0.2) is 5.11 Å². The van der Waals surface area contributed by atoms with Gasteiger partial charge in [-0.1, -0.05) is 6.07 Å². The minimum atomic E-state index is -2.98. The fourth-order valence-electron chi connectivity index (χ4n) is 3.93. The monoisotopic (exact) mass is 498 g/mol. The molecule has 0 radical (unpaired) electrons. The molecule has 2 aromatic rings. The lowest BCUT2D eigenvalue weighted by atomic mass is 10.1. The van der Waals surface area contributed by atoms with Crippen LogP contribution in [0, 0.1) is 0 Å². The summed E-state index contributed by atoms with van der Waals surface area (Å²) in [5.41, 5.74) is -0.108. The van der Waals surface area contributed by atoms with Gasteiger partial charge >= 0.3 is 0 Å². The molecule has 1 amide bonds. The number of hydrogen-bond donors (Lipinski definition) is 1. The molecule has 3 heterocycles. The first-order valence-corrected chi connectivity index (χ1v) is 10.9. The predicted molar refractivity (Wildman–Crippen MR) is 119 cm³/mol. The molecular formula is C22H22F4N4O3S. The number of methoxy groups -OCH3 is 1. The number of rotatable bonds is 8. The fraction of sp³-hybridized carbons (Fsp3) is 0.409. The topological polar surface area (TPSA) is 68.6 Å². The van der Waals surface area contributed by atoms with Gasteiger partial charge in [-0.2, -0.15) is 5.10 Å². The predicted octanol–water partition coefficient (Wildman–Crippen LogP) is 4.05. The van der Waals surface area contributed by atoms with Gasteiger partial charge in [-0.3, -0.25) is 14.4 Å². The van der Waals surface area contributed by atoms with Crippen LogP contribution in [0.25, 0.3) is 6.08 Å². The van der Waals surface area contributed by atoms with E-state index in [0.717, 1.165) is 17.5 Å². The average Bonchev–Trinajstić information content (AvgIpc) is 3.51. The summed E-state index contributed by atoms with van der Waals surface area (Å²) >= 11 is 5.29. The average molecular weight is 499 g/mol. The lowest BCUT2D eigenvalue weighted by molar-refractivity contribution is -0.123. The van der Waals surface area contributed by atoms with Crippen molar-refractivity contribution in [3.63, 3.8) is 0 Å². The lowest BCUT2D eigenvalue weighted by Crippen LogP contribution is -2.37. The number of halogens is 4. The van der Waals surface area contributed by atoms with Crippen molar-refractivity contribution in [3.05, 3.63) is 52.5 Å². The summed E-state index contributed by atoms with van der Waals surface area (Å²) in [4.78, 5) is 14.3. The third-order valence-electron chi connectivity index (χ3n) is 5.59. The van der Waals surface area contributed by atoms with Crippen LogP contribution in [0.1, 0.15) is 48.2 Å². The summed E-state index contributed by atoms with van der Waals surface area (Å²) < 4.78 is 64.5. The molecule has 0 aliphatic carbocycles. The van der Waals surface area contributed by atoms with Gasteiger partial charge in [-0.15, -0.1) is 0 Å². The van der Waals surface area contributed by atoms with Gasteiger partial charge in [-0.25, -0.2) is 17.6 Å². The number of carbonyl (C=O) groups excluding carboxylic acids is 1. The van der Waals surface area contributed by atoms with E-state index in [1.807, 2.05) is 0 Å². The summed E-state index contributed by atoms with van der Waals surface area (Å²) in [6.07, 6.45) is -2.65. The zero-order chi connectivity index (χ0) is 24.4. The van der Waals surface area contributed by atoms with Crippen molar-refractivity contribution in [1.29, 1.82) is 0 Å². The van der Waals surface area contributed by atoms with E-state index in [9.17, 15) is 22.4 Å². The van der Waals surface area contributed by atoms with Crippen LogP contribution in [-0.2, 0) is 16.1 Å². The molecule has 0 spiro atoms. The largest absolute Gasteiger partial charge is 0.496 e. The maximum Gasteiger partial charge on any atom is 0.282 e. The normalized spacial score (nSPS) is 19.7. The summed E-state index contributed by atoms with van der Waals surface area (Å²) in [7, 11) is 1.40. The molecule has 1 aromatic carbocycles. The molecule has 1 aromatic heterocycles. The van der Waals surface area contributed by atoms with Gasteiger partial charge in [0.25, 0.3) is 18.8 Å². The maximum atomic E-state index is 13.4. The molecule has 12 heteroatoms. The van der Waals surface area contributed by atoms with E-state index in [4.69, 9.17) is 21.7 Å². The molecule has 0 bridgehead atoms. The number of aromatic nitrogens is 2. The second-order valence-electron chi connectivity index (χ2n) is 7.86. The van der Waals surface area contributed by atoms with Crippen LogP contribution in [0.4, 0.5) is 17.6 Å². The van der Waals surface area contributed by atoms with Crippen LogP contribution < -0.4 is 10.1 Å². The third kappa shape index (κ3) is 5.07. The standard InChI is InChI=1S/C22H22F4N4O3S/c1-32-18-5-4-12(7-13(18)10-30-17(20(25)26)9-15(28-30)19(23)24)8-16-21(31)29(22(34)27-16)11-14-3-2-6-33-14/h4-5,7-9,14,19-20H,2-3,6,10-11H2,1H3,(H,27,34)/b16-8+. The number of hydrogen-bond acceptors (Lipinski definition) is 5. The highest BCUT2D eigenvalue weighted by atomic mass is 32.1. The summed E-state index contributed by atoms with van der Waals surface area (Å²) in [6.45, 7) is 0.794. The van der Waals surface area contributed by atoms with Gasteiger partial charge in [0.1, 0.15) is 22.8 Å². The molecule has 2 aliphatic rings. The molecule has 0 saturated carbocycles. The van der Waals surface area contributed by atoms with Crippen LogP contribution in [0.5, 0.6) is 5.75 Å². The SMILES string of the molecule is COc1ccc(/C=C2/NC(=S)N(CC3CCCO3)C2=O)cc1Cn1nc(C(F)F)cc1C(F)F. The first kappa shape index (κ1) is 24.1. The molecule has 1 N–H and O–H groups in total. The highest BCUT2D eigenvalue weighted by molar-refractivity contribution is 7.80. The van der Waals surface area contributed by atoms with Crippen molar-refractivity contribution in [2.45, 2.75) is 38.3 Å². The van der Waals surface area contributed by atoms with Crippen molar-refractivity contribution in [1.82, 2.24) is 20.0 Å². The number of alkyl halides is 4. The molecule has 182 valence electrons. The van der Waals surface area contributed by atoms with Gasteiger partial charge in [0.05, 0.1) is 26.3 Å². The highest BCUT2D eigenvalue weighted by Gasteiger charge is 2.33. The van der Waals surface area contributed by atoms with Gasteiger partial charge in [-0.05, 0) is 54.9 Å². The molecule has 7 nitrogen and oxygen atoms in total. The van der Waals surface area contributed by atoms with Gasteiger partial charge in [0.2, 0.25) is 0 Å². The zero-order valence-electron chi connectivity index (χ0n) is 18.1. The Labute approximate surface area is 198 Å². The van der Waals surface area contributed by atoms with E-state index < -0.39 is 24.2 Å².